The van der Waals surface area contributed by atoms with Gasteiger partial charge in [-0.25, -0.2) is 4.98 Å². The first-order valence-corrected chi connectivity index (χ1v) is 9.81. The van der Waals surface area contributed by atoms with Crippen LogP contribution in [0.25, 0.3) is 0 Å². The molecular weight excluding hydrogens is 334 g/mol. The van der Waals surface area contributed by atoms with Crippen LogP contribution in [0, 0.1) is 12.8 Å². The number of amides is 1. The lowest BCUT2D eigenvalue weighted by Crippen LogP contribution is -2.29. The van der Waals surface area contributed by atoms with Crippen molar-refractivity contribution >= 4 is 17.2 Å². The summed E-state index contributed by atoms with van der Waals surface area (Å²) in [6, 6.07) is 0.103. The number of aryl methyl sites for hydroxylation is 1. The molecule has 1 N–H and O–H groups in total. The SMILES string of the molecule is Cc1c([C@H]2[C@H](CNCc3csc(C4CC4)n3)CC(=O)N2C)cnn1C. The lowest BCUT2D eigenvalue weighted by molar-refractivity contribution is -0.127. The minimum absolute atomic E-state index is 0.103. The fraction of sp³-hybridized carbons (Fsp3) is 0.611. The quantitative estimate of drug-likeness (QED) is 0.860. The lowest BCUT2D eigenvalue weighted by atomic mass is 9.94. The Morgan fingerprint density at radius 2 is 2.16 bits per heavy atom. The predicted molar refractivity (Wildman–Crippen MR) is 97.4 cm³/mol. The van der Waals surface area contributed by atoms with Gasteiger partial charge in [0.2, 0.25) is 5.91 Å². The third kappa shape index (κ3) is 3.22. The number of nitrogens with zero attached hydrogens (tertiary/aromatic N) is 4. The van der Waals surface area contributed by atoms with Crippen LogP contribution < -0.4 is 5.32 Å². The first-order valence-electron chi connectivity index (χ1n) is 8.93. The van der Waals surface area contributed by atoms with E-state index in [4.69, 9.17) is 4.98 Å². The molecule has 1 aliphatic heterocycles. The molecule has 7 heteroatoms. The number of hydrogen-bond donors (Lipinski definition) is 1. The second-order valence-corrected chi connectivity index (χ2v) is 8.19. The van der Waals surface area contributed by atoms with E-state index in [1.807, 2.05) is 29.9 Å². The molecule has 4 rings (SSSR count). The molecule has 25 heavy (non-hydrogen) atoms. The van der Waals surface area contributed by atoms with Crippen LogP contribution in [0.2, 0.25) is 0 Å². The summed E-state index contributed by atoms with van der Waals surface area (Å²) in [5, 5.41) is 11.3. The summed E-state index contributed by atoms with van der Waals surface area (Å²) in [5.74, 6) is 1.20. The van der Waals surface area contributed by atoms with Gasteiger partial charge in [0, 0.05) is 62.1 Å². The molecule has 6 nitrogen and oxygen atoms in total. The zero-order valence-electron chi connectivity index (χ0n) is 15.0. The van der Waals surface area contributed by atoms with E-state index in [9.17, 15) is 4.79 Å². The van der Waals surface area contributed by atoms with E-state index in [1.54, 1.807) is 11.3 Å². The highest BCUT2D eigenvalue weighted by atomic mass is 32.1. The molecule has 1 saturated carbocycles. The van der Waals surface area contributed by atoms with Gasteiger partial charge in [0.25, 0.3) is 0 Å². The third-order valence-electron chi connectivity index (χ3n) is 5.49. The van der Waals surface area contributed by atoms with Crippen LogP contribution in [0.3, 0.4) is 0 Å². The van der Waals surface area contributed by atoms with Gasteiger partial charge in [0.1, 0.15) is 0 Å². The van der Waals surface area contributed by atoms with Crippen LogP contribution in [0.1, 0.15) is 53.2 Å². The van der Waals surface area contributed by atoms with Crippen molar-refractivity contribution in [2.24, 2.45) is 13.0 Å². The molecule has 2 aromatic rings. The van der Waals surface area contributed by atoms with Crippen molar-refractivity contribution in [2.75, 3.05) is 13.6 Å². The van der Waals surface area contributed by atoms with Crippen molar-refractivity contribution in [2.45, 2.75) is 44.7 Å². The average molecular weight is 359 g/mol. The maximum absolute atomic E-state index is 12.3. The zero-order chi connectivity index (χ0) is 17.6. The monoisotopic (exact) mass is 359 g/mol. The van der Waals surface area contributed by atoms with Gasteiger partial charge in [0.05, 0.1) is 22.9 Å². The van der Waals surface area contributed by atoms with Crippen LogP contribution in [0.4, 0.5) is 0 Å². The maximum Gasteiger partial charge on any atom is 0.223 e. The molecule has 1 saturated heterocycles. The Balaban J connectivity index is 1.40. The molecule has 0 aromatic carbocycles. The molecule has 2 aromatic heterocycles. The Kier molecular flexibility index (Phi) is 4.37. The summed E-state index contributed by atoms with van der Waals surface area (Å²) in [6.45, 7) is 3.65. The van der Waals surface area contributed by atoms with Crippen LogP contribution in [0.15, 0.2) is 11.6 Å². The number of aromatic nitrogens is 3. The number of carbonyl (C=O) groups is 1. The second-order valence-electron chi connectivity index (χ2n) is 7.30. The second kappa shape index (κ2) is 6.53. The summed E-state index contributed by atoms with van der Waals surface area (Å²) >= 11 is 1.78. The van der Waals surface area contributed by atoms with Crippen molar-refractivity contribution < 1.29 is 4.79 Å². The standard InChI is InChI=1S/C18H25N5OS/c1-11-15(9-20-23(11)3)17-13(6-16(24)22(17)2)7-19-8-14-10-25-18(21-14)12-4-5-12/h9-10,12-13,17,19H,4-8H2,1-3H3/t13-,17+/m0/s1. The number of rotatable bonds is 6. The summed E-state index contributed by atoms with van der Waals surface area (Å²) in [6.07, 6.45) is 5.09. The number of thiazole rings is 1. The van der Waals surface area contributed by atoms with Gasteiger partial charge < -0.3 is 10.2 Å². The molecule has 2 atom stereocenters. The number of hydrogen-bond acceptors (Lipinski definition) is 5. The predicted octanol–water partition coefficient (Wildman–Crippen LogP) is 2.37. The van der Waals surface area contributed by atoms with Gasteiger partial charge in [-0.15, -0.1) is 11.3 Å². The third-order valence-corrected chi connectivity index (χ3v) is 6.55. The average Bonchev–Trinajstić information content (AvgIpc) is 3.17. The van der Waals surface area contributed by atoms with Crippen LogP contribution in [-0.2, 0) is 18.4 Å². The first kappa shape index (κ1) is 16.7. The van der Waals surface area contributed by atoms with Crippen LogP contribution in [-0.4, -0.2) is 39.2 Å². The molecule has 1 amide bonds. The molecule has 0 spiro atoms. The maximum atomic E-state index is 12.3. The van der Waals surface area contributed by atoms with E-state index in [2.05, 4.69) is 22.7 Å². The molecule has 1 aliphatic carbocycles. The van der Waals surface area contributed by atoms with Gasteiger partial charge in [-0.1, -0.05) is 0 Å². The summed E-state index contributed by atoms with van der Waals surface area (Å²) < 4.78 is 1.88. The van der Waals surface area contributed by atoms with Gasteiger partial charge in [0.15, 0.2) is 0 Å². The molecule has 2 aliphatic rings. The van der Waals surface area contributed by atoms with Gasteiger partial charge in [-0.2, -0.15) is 5.10 Å². The fourth-order valence-corrected chi connectivity index (χ4v) is 4.70. The Morgan fingerprint density at radius 3 is 2.84 bits per heavy atom. The summed E-state index contributed by atoms with van der Waals surface area (Å²) in [4.78, 5) is 18.9. The molecule has 3 heterocycles. The van der Waals surface area contributed by atoms with E-state index in [1.165, 1.54) is 17.8 Å². The number of likely N-dealkylation sites (tertiary alicyclic amines) is 1. The summed E-state index contributed by atoms with van der Waals surface area (Å²) in [5.41, 5.74) is 3.41. The highest BCUT2D eigenvalue weighted by Gasteiger charge is 2.39. The van der Waals surface area contributed by atoms with Crippen molar-refractivity contribution in [3.8, 4) is 0 Å². The Labute approximate surface area is 152 Å². The smallest absolute Gasteiger partial charge is 0.223 e. The van der Waals surface area contributed by atoms with Gasteiger partial charge in [-0.05, 0) is 19.8 Å². The number of carbonyl (C=O) groups excluding carboxylic acids is 1. The van der Waals surface area contributed by atoms with E-state index in [-0.39, 0.29) is 17.9 Å². The fourth-order valence-electron chi connectivity index (χ4n) is 3.71. The molecular formula is C18H25N5OS. The molecule has 0 bridgehead atoms. The zero-order valence-corrected chi connectivity index (χ0v) is 15.8. The van der Waals surface area contributed by atoms with Crippen LogP contribution in [0.5, 0.6) is 0 Å². The highest BCUT2D eigenvalue weighted by Crippen LogP contribution is 2.41. The van der Waals surface area contributed by atoms with Crippen LogP contribution >= 0.6 is 11.3 Å². The highest BCUT2D eigenvalue weighted by molar-refractivity contribution is 7.09. The normalized spacial score (nSPS) is 23.6. The Morgan fingerprint density at radius 1 is 1.36 bits per heavy atom. The minimum atomic E-state index is 0.103. The molecule has 0 unspecified atom stereocenters. The molecule has 0 radical (unpaired) electrons. The molecule has 134 valence electrons. The summed E-state index contributed by atoms with van der Waals surface area (Å²) in [7, 11) is 3.85. The lowest BCUT2D eigenvalue weighted by Gasteiger charge is -2.25. The van der Waals surface area contributed by atoms with Crippen molar-refractivity contribution in [1.29, 1.82) is 0 Å². The largest absolute Gasteiger partial charge is 0.338 e. The van der Waals surface area contributed by atoms with Gasteiger partial charge >= 0.3 is 0 Å². The van der Waals surface area contributed by atoms with Crippen molar-refractivity contribution in [3.63, 3.8) is 0 Å². The Hall–Kier alpha value is -1.73. The van der Waals surface area contributed by atoms with Gasteiger partial charge in [-0.3, -0.25) is 9.48 Å². The Bertz CT molecular complexity index is 778. The van der Waals surface area contributed by atoms with E-state index in [0.717, 1.165) is 36.0 Å². The van der Waals surface area contributed by atoms with E-state index < -0.39 is 0 Å². The van der Waals surface area contributed by atoms with Crippen molar-refractivity contribution in [3.05, 3.63) is 33.5 Å². The minimum Gasteiger partial charge on any atom is -0.338 e. The van der Waals surface area contributed by atoms with E-state index >= 15 is 0 Å². The van der Waals surface area contributed by atoms with Crippen molar-refractivity contribution in [1.82, 2.24) is 25.0 Å². The van der Waals surface area contributed by atoms with E-state index in [0.29, 0.717) is 6.42 Å². The topological polar surface area (TPSA) is 63.1 Å². The number of nitrogens with one attached hydrogen (secondary N) is 1. The first-order chi connectivity index (χ1) is 12.0. The molecule has 2 fully saturated rings.